The molecule has 2 aliphatic rings. The second kappa shape index (κ2) is 8.80. The first-order chi connectivity index (χ1) is 12.9. The van der Waals surface area contributed by atoms with Gasteiger partial charge in [0.2, 0.25) is 11.8 Å². The van der Waals surface area contributed by atoms with Gasteiger partial charge in [-0.2, -0.15) is 0 Å². The van der Waals surface area contributed by atoms with Gasteiger partial charge in [-0.05, 0) is 37.9 Å². The summed E-state index contributed by atoms with van der Waals surface area (Å²) in [4.78, 5) is 29.0. The van der Waals surface area contributed by atoms with Crippen molar-refractivity contribution >= 4 is 11.8 Å². The van der Waals surface area contributed by atoms with Crippen LogP contribution in [0.4, 0.5) is 4.39 Å². The summed E-state index contributed by atoms with van der Waals surface area (Å²) in [7, 11) is 2.04. The predicted octanol–water partition coefficient (Wildman–Crippen LogP) is 0.788. The molecule has 0 spiro atoms. The molecular weight excluding hydrogens is 349 g/mol. The molecule has 0 radical (unpaired) electrons. The molecular formula is C20H28FN3O3. The minimum absolute atomic E-state index is 0.0560. The fraction of sp³-hybridized carbons (Fsp3) is 0.600. The number of amides is 2. The van der Waals surface area contributed by atoms with E-state index in [1.54, 1.807) is 18.2 Å². The van der Waals surface area contributed by atoms with Crippen molar-refractivity contribution in [3.63, 3.8) is 0 Å². The molecule has 3 atom stereocenters. The Kier molecular flexibility index (Phi) is 6.44. The number of carbonyl (C=O) groups excluding carboxylic acids is 2. The Hall–Kier alpha value is -1.99. The highest BCUT2D eigenvalue weighted by Crippen LogP contribution is 2.27. The highest BCUT2D eigenvalue weighted by molar-refractivity contribution is 5.80. The number of rotatable bonds is 4. The number of nitrogens with zero attached hydrogens (tertiary/aromatic N) is 2. The topological polar surface area (TPSA) is 72.9 Å². The van der Waals surface area contributed by atoms with Gasteiger partial charge in [0.05, 0.1) is 18.6 Å². The number of halogens is 1. The summed E-state index contributed by atoms with van der Waals surface area (Å²) in [5.74, 6) is -0.802. The normalized spacial score (nSPS) is 26.6. The molecule has 1 heterocycles. The van der Waals surface area contributed by atoms with E-state index in [9.17, 15) is 19.1 Å². The van der Waals surface area contributed by atoms with Crippen LogP contribution in [0.2, 0.25) is 0 Å². The average molecular weight is 377 g/mol. The van der Waals surface area contributed by atoms with Crippen molar-refractivity contribution in [1.82, 2.24) is 15.1 Å². The van der Waals surface area contributed by atoms with E-state index < -0.39 is 11.9 Å². The number of likely N-dealkylation sites (N-methyl/N-ethyl adjacent to an activating group) is 1. The summed E-state index contributed by atoms with van der Waals surface area (Å²) in [6, 6.07) is 5.79. The summed E-state index contributed by atoms with van der Waals surface area (Å²) in [5, 5.41) is 13.2. The maximum absolute atomic E-state index is 13.7. The lowest BCUT2D eigenvalue weighted by atomic mass is 9.83. The van der Waals surface area contributed by atoms with Crippen molar-refractivity contribution in [1.29, 1.82) is 0 Å². The summed E-state index contributed by atoms with van der Waals surface area (Å²) >= 11 is 0. The van der Waals surface area contributed by atoms with Gasteiger partial charge in [0.15, 0.2) is 0 Å². The molecule has 148 valence electrons. The number of hydrogen-bond donors (Lipinski definition) is 2. The Morgan fingerprint density at radius 3 is 2.56 bits per heavy atom. The molecule has 1 saturated heterocycles. The number of carbonyl (C=O) groups is 2. The van der Waals surface area contributed by atoms with Gasteiger partial charge in [-0.1, -0.05) is 18.2 Å². The van der Waals surface area contributed by atoms with Crippen LogP contribution in [-0.4, -0.2) is 72.1 Å². The molecule has 1 aromatic rings. The molecule has 1 aliphatic carbocycles. The number of aliphatic hydroxyl groups is 1. The van der Waals surface area contributed by atoms with E-state index in [0.717, 1.165) is 26.2 Å². The van der Waals surface area contributed by atoms with Gasteiger partial charge in [0, 0.05) is 32.1 Å². The third kappa shape index (κ3) is 5.05. The Morgan fingerprint density at radius 1 is 1.19 bits per heavy atom. The van der Waals surface area contributed by atoms with Gasteiger partial charge in [-0.25, -0.2) is 4.39 Å². The van der Waals surface area contributed by atoms with Crippen LogP contribution in [-0.2, 0) is 16.0 Å². The van der Waals surface area contributed by atoms with E-state index >= 15 is 0 Å². The number of nitrogens with one attached hydrogen (secondary N) is 1. The zero-order valence-electron chi connectivity index (χ0n) is 15.7. The largest absolute Gasteiger partial charge is 0.391 e. The second-order valence-corrected chi connectivity index (χ2v) is 7.65. The molecule has 0 bridgehead atoms. The number of piperazine rings is 1. The molecule has 6 nitrogen and oxygen atoms in total. The summed E-state index contributed by atoms with van der Waals surface area (Å²) in [6.07, 6.45) is 0.737. The fourth-order valence-electron chi connectivity index (χ4n) is 3.90. The van der Waals surface area contributed by atoms with E-state index in [4.69, 9.17) is 0 Å². The van der Waals surface area contributed by atoms with Crippen molar-refractivity contribution in [3.8, 4) is 0 Å². The second-order valence-electron chi connectivity index (χ2n) is 7.65. The van der Waals surface area contributed by atoms with E-state index in [-0.39, 0.29) is 30.2 Å². The van der Waals surface area contributed by atoms with Crippen molar-refractivity contribution in [2.24, 2.45) is 5.92 Å². The van der Waals surface area contributed by atoms with Crippen LogP contribution in [0.5, 0.6) is 0 Å². The Bertz CT molecular complexity index is 676. The summed E-state index contributed by atoms with van der Waals surface area (Å²) in [5.41, 5.74) is 0.337. The molecule has 2 N–H and O–H groups in total. The molecule has 0 aromatic heterocycles. The predicted molar refractivity (Wildman–Crippen MR) is 99.5 cm³/mol. The minimum Gasteiger partial charge on any atom is -0.391 e. The van der Waals surface area contributed by atoms with E-state index in [0.29, 0.717) is 24.8 Å². The Balaban J connectivity index is 1.49. The smallest absolute Gasteiger partial charge is 0.225 e. The molecule has 1 aliphatic heterocycles. The van der Waals surface area contributed by atoms with Gasteiger partial charge in [-0.3, -0.25) is 9.59 Å². The monoisotopic (exact) mass is 377 g/mol. The third-order valence-corrected chi connectivity index (χ3v) is 5.64. The van der Waals surface area contributed by atoms with Crippen LogP contribution in [0.3, 0.4) is 0 Å². The first-order valence-corrected chi connectivity index (χ1v) is 9.62. The maximum atomic E-state index is 13.7. The molecule has 27 heavy (non-hydrogen) atoms. The van der Waals surface area contributed by atoms with Crippen molar-refractivity contribution in [2.75, 3.05) is 33.2 Å². The van der Waals surface area contributed by atoms with Crippen LogP contribution in [0.1, 0.15) is 24.8 Å². The molecule has 1 saturated carbocycles. The quantitative estimate of drug-likeness (QED) is 0.814. The Morgan fingerprint density at radius 2 is 1.89 bits per heavy atom. The van der Waals surface area contributed by atoms with Crippen LogP contribution >= 0.6 is 0 Å². The molecule has 1 aromatic carbocycles. The summed E-state index contributed by atoms with van der Waals surface area (Å²) < 4.78 is 13.7. The SMILES string of the molecule is CN1CCN(C(=O)[C@H]2CC[C@@H](NC(=O)Cc3ccccc3F)[C@H](O)C2)CC1. The minimum atomic E-state index is -0.760. The molecule has 2 fully saturated rings. The average Bonchev–Trinajstić information content (AvgIpc) is 2.65. The third-order valence-electron chi connectivity index (χ3n) is 5.64. The first-order valence-electron chi connectivity index (χ1n) is 9.62. The van der Waals surface area contributed by atoms with Gasteiger partial charge >= 0.3 is 0 Å². The van der Waals surface area contributed by atoms with Gasteiger partial charge in [0.25, 0.3) is 0 Å². The molecule has 2 amide bonds. The lowest BCUT2D eigenvalue weighted by Crippen LogP contribution is -2.52. The van der Waals surface area contributed by atoms with Crippen molar-refractivity contribution < 1.29 is 19.1 Å². The number of benzene rings is 1. The zero-order valence-corrected chi connectivity index (χ0v) is 15.7. The fourth-order valence-corrected chi connectivity index (χ4v) is 3.90. The van der Waals surface area contributed by atoms with Gasteiger partial charge < -0.3 is 20.2 Å². The van der Waals surface area contributed by atoms with Crippen LogP contribution < -0.4 is 5.32 Å². The number of aliphatic hydroxyl groups excluding tert-OH is 1. The number of hydrogen-bond acceptors (Lipinski definition) is 4. The standard InChI is InChI=1S/C20H28FN3O3/c1-23-8-10-24(11-9-23)20(27)15-6-7-17(18(25)12-15)22-19(26)13-14-4-2-3-5-16(14)21/h2-5,15,17-18,25H,6-13H2,1H3,(H,22,26)/t15-,17+,18+/m0/s1. The van der Waals surface area contributed by atoms with E-state index in [1.165, 1.54) is 6.07 Å². The van der Waals surface area contributed by atoms with Crippen LogP contribution in [0.25, 0.3) is 0 Å². The van der Waals surface area contributed by atoms with Gasteiger partial charge in [-0.15, -0.1) is 0 Å². The van der Waals surface area contributed by atoms with E-state index in [2.05, 4.69) is 10.2 Å². The molecule has 0 unspecified atom stereocenters. The Labute approximate surface area is 159 Å². The summed E-state index contributed by atoms with van der Waals surface area (Å²) in [6.45, 7) is 3.20. The lowest BCUT2D eigenvalue weighted by molar-refractivity contribution is -0.140. The van der Waals surface area contributed by atoms with E-state index in [1.807, 2.05) is 11.9 Å². The highest BCUT2D eigenvalue weighted by Gasteiger charge is 2.36. The van der Waals surface area contributed by atoms with Crippen LogP contribution in [0, 0.1) is 11.7 Å². The van der Waals surface area contributed by atoms with Crippen LogP contribution in [0.15, 0.2) is 24.3 Å². The first kappa shape index (κ1) is 19.8. The maximum Gasteiger partial charge on any atom is 0.225 e. The van der Waals surface area contributed by atoms with Gasteiger partial charge in [0.1, 0.15) is 5.82 Å². The molecule has 3 rings (SSSR count). The molecule has 7 heteroatoms. The highest BCUT2D eigenvalue weighted by atomic mass is 19.1. The zero-order chi connectivity index (χ0) is 19.4. The lowest BCUT2D eigenvalue weighted by Gasteiger charge is -2.38. The van der Waals surface area contributed by atoms with Crippen molar-refractivity contribution in [2.45, 2.75) is 37.8 Å². The van der Waals surface area contributed by atoms with Crippen molar-refractivity contribution in [3.05, 3.63) is 35.6 Å².